The number of alkyl halides is 3. The van der Waals surface area contributed by atoms with Gasteiger partial charge in [0.05, 0.1) is 0 Å². The Kier molecular flexibility index (Phi) is 6.11. The number of hydrogen-bond acceptors (Lipinski definition) is 3. The number of aliphatic hydroxyl groups is 1. The van der Waals surface area contributed by atoms with Gasteiger partial charge in [0.15, 0.2) is 0 Å². The van der Waals surface area contributed by atoms with E-state index in [1.165, 1.54) is 12.1 Å². The minimum atomic E-state index is -4.65. The van der Waals surface area contributed by atoms with Crippen molar-refractivity contribution in [3.8, 4) is 5.75 Å². The standard InChI is InChI=1S/C13H18F3NO2/c1-10(6-7-18)8-17-9-11-2-4-12(5-3-11)19-13(14,15)16/h2-5,10,17-18H,6-9H2,1H3. The van der Waals surface area contributed by atoms with Crippen LogP contribution in [0.2, 0.25) is 0 Å². The Morgan fingerprint density at radius 2 is 1.89 bits per heavy atom. The molecule has 0 saturated carbocycles. The Morgan fingerprint density at radius 3 is 2.42 bits per heavy atom. The molecule has 1 aromatic rings. The SMILES string of the molecule is CC(CCO)CNCc1ccc(OC(F)(F)F)cc1. The zero-order valence-corrected chi connectivity index (χ0v) is 10.7. The van der Waals surface area contributed by atoms with Gasteiger partial charge in [-0.25, -0.2) is 0 Å². The van der Waals surface area contributed by atoms with Gasteiger partial charge >= 0.3 is 6.36 Å². The fourth-order valence-corrected chi connectivity index (χ4v) is 1.59. The third-order valence-electron chi connectivity index (χ3n) is 2.60. The average Bonchev–Trinajstić information content (AvgIpc) is 2.30. The van der Waals surface area contributed by atoms with E-state index in [0.717, 1.165) is 18.5 Å². The second-order valence-electron chi connectivity index (χ2n) is 4.44. The summed E-state index contributed by atoms with van der Waals surface area (Å²) in [7, 11) is 0. The summed E-state index contributed by atoms with van der Waals surface area (Å²) in [4.78, 5) is 0. The van der Waals surface area contributed by atoms with Crippen LogP contribution in [0.3, 0.4) is 0 Å². The lowest BCUT2D eigenvalue weighted by molar-refractivity contribution is -0.274. The molecule has 0 aromatic heterocycles. The van der Waals surface area contributed by atoms with Crippen LogP contribution < -0.4 is 10.1 Å². The predicted octanol–water partition coefficient (Wildman–Crippen LogP) is 2.69. The van der Waals surface area contributed by atoms with Gasteiger partial charge in [-0.1, -0.05) is 19.1 Å². The van der Waals surface area contributed by atoms with Crippen molar-refractivity contribution in [3.63, 3.8) is 0 Å². The molecule has 108 valence electrons. The van der Waals surface area contributed by atoms with Crippen molar-refractivity contribution in [1.82, 2.24) is 5.32 Å². The van der Waals surface area contributed by atoms with Gasteiger partial charge in [-0.3, -0.25) is 0 Å². The maximum Gasteiger partial charge on any atom is 0.573 e. The van der Waals surface area contributed by atoms with Crippen molar-refractivity contribution in [2.24, 2.45) is 5.92 Å². The minimum Gasteiger partial charge on any atom is -0.406 e. The average molecular weight is 277 g/mol. The lowest BCUT2D eigenvalue weighted by atomic mass is 10.1. The quantitative estimate of drug-likeness (QED) is 0.805. The molecule has 1 aromatic carbocycles. The maximum absolute atomic E-state index is 12.0. The van der Waals surface area contributed by atoms with Gasteiger partial charge < -0.3 is 15.2 Å². The maximum atomic E-state index is 12.0. The summed E-state index contributed by atoms with van der Waals surface area (Å²) < 4.78 is 39.6. The molecule has 0 heterocycles. The van der Waals surface area contributed by atoms with Gasteiger partial charge in [-0.05, 0) is 36.6 Å². The molecule has 19 heavy (non-hydrogen) atoms. The largest absolute Gasteiger partial charge is 0.573 e. The third kappa shape index (κ3) is 7.03. The van der Waals surface area contributed by atoms with Gasteiger partial charge in [-0.2, -0.15) is 0 Å². The van der Waals surface area contributed by atoms with E-state index < -0.39 is 6.36 Å². The highest BCUT2D eigenvalue weighted by atomic mass is 19.4. The van der Waals surface area contributed by atoms with Gasteiger partial charge in [0.2, 0.25) is 0 Å². The first kappa shape index (κ1) is 15.8. The molecule has 1 rings (SSSR count). The molecule has 3 nitrogen and oxygen atoms in total. The minimum absolute atomic E-state index is 0.159. The van der Waals surface area contributed by atoms with Crippen LogP contribution in [0.4, 0.5) is 13.2 Å². The van der Waals surface area contributed by atoms with E-state index in [4.69, 9.17) is 5.11 Å². The van der Waals surface area contributed by atoms with Crippen molar-refractivity contribution in [3.05, 3.63) is 29.8 Å². The summed E-state index contributed by atoms with van der Waals surface area (Å²) in [5.41, 5.74) is 0.880. The number of aliphatic hydroxyl groups excluding tert-OH is 1. The number of ether oxygens (including phenoxy) is 1. The molecule has 0 spiro atoms. The van der Waals surface area contributed by atoms with E-state index in [1.807, 2.05) is 6.92 Å². The highest BCUT2D eigenvalue weighted by Gasteiger charge is 2.30. The van der Waals surface area contributed by atoms with Crippen LogP contribution in [0.15, 0.2) is 24.3 Å². The molecule has 6 heteroatoms. The summed E-state index contributed by atoms with van der Waals surface area (Å²) >= 11 is 0. The lowest BCUT2D eigenvalue weighted by Gasteiger charge is -2.12. The topological polar surface area (TPSA) is 41.5 Å². The summed E-state index contributed by atoms with van der Waals surface area (Å²) in [6, 6.07) is 5.76. The number of hydrogen-bond donors (Lipinski definition) is 2. The van der Waals surface area contributed by atoms with Crippen LogP contribution in [0, 0.1) is 5.92 Å². The van der Waals surface area contributed by atoms with Crippen molar-refractivity contribution >= 4 is 0 Å². The fourth-order valence-electron chi connectivity index (χ4n) is 1.59. The third-order valence-corrected chi connectivity index (χ3v) is 2.60. The molecular formula is C13H18F3NO2. The molecule has 1 unspecified atom stereocenters. The molecule has 0 aliphatic carbocycles. The Labute approximate surface area is 110 Å². The van der Waals surface area contributed by atoms with E-state index in [1.54, 1.807) is 12.1 Å². The smallest absolute Gasteiger partial charge is 0.406 e. The van der Waals surface area contributed by atoms with E-state index in [-0.39, 0.29) is 12.4 Å². The normalized spacial score (nSPS) is 13.3. The number of rotatable bonds is 7. The lowest BCUT2D eigenvalue weighted by Crippen LogP contribution is -2.21. The van der Waals surface area contributed by atoms with Gasteiger partial charge in [0, 0.05) is 13.2 Å². The molecule has 2 N–H and O–H groups in total. The van der Waals surface area contributed by atoms with Crippen molar-refractivity contribution in [2.75, 3.05) is 13.2 Å². The van der Waals surface area contributed by atoms with Crippen molar-refractivity contribution in [1.29, 1.82) is 0 Å². The first-order chi connectivity index (χ1) is 8.90. The molecule has 0 aliphatic rings. The van der Waals surface area contributed by atoms with Crippen molar-refractivity contribution < 1.29 is 23.0 Å². The van der Waals surface area contributed by atoms with E-state index >= 15 is 0 Å². The predicted molar refractivity (Wildman–Crippen MR) is 65.7 cm³/mol. The first-order valence-electron chi connectivity index (χ1n) is 6.07. The molecule has 0 saturated heterocycles. The molecule has 0 fully saturated rings. The fraction of sp³-hybridized carbons (Fsp3) is 0.538. The zero-order chi connectivity index (χ0) is 14.3. The summed E-state index contributed by atoms with van der Waals surface area (Å²) in [5, 5.41) is 11.9. The van der Waals surface area contributed by atoms with Crippen LogP contribution in [-0.4, -0.2) is 24.6 Å². The number of halogens is 3. The van der Waals surface area contributed by atoms with E-state index in [9.17, 15) is 13.2 Å². The Hall–Kier alpha value is -1.27. The molecular weight excluding hydrogens is 259 g/mol. The molecule has 0 radical (unpaired) electrons. The van der Waals surface area contributed by atoms with E-state index in [2.05, 4.69) is 10.1 Å². The second kappa shape index (κ2) is 7.35. The monoisotopic (exact) mass is 277 g/mol. The van der Waals surface area contributed by atoms with Crippen LogP contribution in [-0.2, 0) is 6.54 Å². The van der Waals surface area contributed by atoms with Crippen LogP contribution in [0.1, 0.15) is 18.9 Å². The highest BCUT2D eigenvalue weighted by Crippen LogP contribution is 2.22. The van der Waals surface area contributed by atoms with E-state index in [0.29, 0.717) is 12.5 Å². The summed E-state index contributed by atoms with van der Waals surface area (Å²) in [6.45, 7) is 3.50. The number of nitrogens with one attached hydrogen (secondary N) is 1. The molecule has 0 aliphatic heterocycles. The summed E-state index contributed by atoms with van der Waals surface area (Å²) in [6.07, 6.45) is -3.93. The summed E-state index contributed by atoms with van der Waals surface area (Å²) in [5.74, 6) is 0.141. The van der Waals surface area contributed by atoms with Gasteiger partial charge in [0.25, 0.3) is 0 Å². The number of benzene rings is 1. The van der Waals surface area contributed by atoms with Gasteiger partial charge in [0.1, 0.15) is 5.75 Å². The van der Waals surface area contributed by atoms with Crippen LogP contribution in [0.5, 0.6) is 5.75 Å². The Balaban J connectivity index is 2.36. The van der Waals surface area contributed by atoms with Gasteiger partial charge in [-0.15, -0.1) is 13.2 Å². The van der Waals surface area contributed by atoms with Crippen LogP contribution >= 0.6 is 0 Å². The highest BCUT2D eigenvalue weighted by molar-refractivity contribution is 5.27. The van der Waals surface area contributed by atoms with Crippen molar-refractivity contribution in [2.45, 2.75) is 26.3 Å². The Morgan fingerprint density at radius 1 is 1.26 bits per heavy atom. The zero-order valence-electron chi connectivity index (χ0n) is 10.7. The molecule has 0 bridgehead atoms. The second-order valence-corrected chi connectivity index (χ2v) is 4.44. The Bertz CT molecular complexity index is 365. The molecule has 1 atom stereocenters. The molecule has 0 amide bonds. The first-order valence-corrected chi connectivity index (χ1v) is 6.07. The van der Waals surface area contributed by atoms with Crippen LogP contribution in [0.25, 0.3) is 0 Å².